The fraction of sp³-hybridized carbons (Fsp3) is 1.00. The molecule has 1 saturated carbocycles. The fourth-order valence-electron chi connectivity index (χ4n) is 6.14. The molecule has 3 fully saturated rings. The molecule has 2 heterocycles. The molecule has 2 aliphatic heterocycles. The maximum absolute atomic E-state index is 11.7. The van der Waals surface area contributed by atoms with Crippen molar-refractivity contribution in [3.63, 3.8) is 0 Å². The molecule has 0 bridgehead atoms. The average molecular weight is 613 g/mol. The monoisotopic (exact) mass is 612 g/mol. The smallest absolute Gasteiger partial charge is 0.185 e. The van der Waals surface area contributed by atoms with Gasteiger partial charge in [-0.25, -0.2) is 0 Å². The summed E-state index contributed by atoms with van der Waals surface area (Å²) >= 11 is 0. The Morgan fingerprint density at radius 3 is 2.36 bits per heavy atom. The molecule has 0 aromatic rings. The summed E-state index contributed by atoms with van der Waals surface area (Å²) in [5.41, 5.74) is 16.4. The van der Waals surface area contributed by atoms with Crippen LogP contribution in [0.2, 0.25) is 0 Å². The van der Waals surface area contributed by atoms with Crippen molar-refractivity contribution in [3.05, 3.63) is 0 Å². The second-order valence-corrected chi connectivity index (χ2v) is 12.0. The van der Waals surface area contributed by atoms with Crippen LogP contribution in [0.3, 0.4) is 0 Å². The van der Waals surface area contributed by atoms with Crippen LogP contribution in [0, 0.1) is 5.92 Å². The van der Waals surface area contributed by atoms with Gasteiger partial charge in [-0.05, 0) is 20.4 Å². The largest absolute Gasteiger partial charge is 0.395 e. The summed E-state index contributed by atoms with van der Waals surface area (Å²) in [6, 6.07) is -2.87. The first-order valence-corrected chi connectivity index (χ1v) is 14.4. The number of aliphatic hydroxyl groups excluding tert-OH is 7. The molecule has 2 saturated heterocycles. The van der Waals surface area contributed by atoms with Crippen molar-refractivity contribution in [2.75, 3.05) is 46.4 Å². The van der Waals surface area contributed by atoms with Crippen LogP contribution in [0.4, 0.5) is 0 Å². The lowest BCUT2D eigenvalue weighted by Crippen LogP contribution is -2.71. The minimum absolute atomic E-state index is 0.0156. The van der Waals surface area contributed by atoms with Gasteiger partial charge in [-0.15, -0.1) is 0 Å². The summed E-state index contributed by atoms with van der Waals surface area (Å²) < 4.78 is 17.8. The molecule has 42 heavy (non-hydrogen) atoms. The summed E-state index contributed by atoms with van der Waals surface area (Å²) in [5, 5.41) is 93.5. The summed E-state index contributed by atoms with van der Waals surface area (Å²) in [6.45, 7) is 1.29. The number of ether oxygens (including phenoxy) is 3. The average Bonchev–Trinajstić information content (AvgIpc) is 2.95. The Hall–Kier alpha value is -0.680. The molecule has 3 aliphatic rings. The quantitative estimate of drug-likeness (QED) is 0.0918. The highest BCUT2D eigenvalue weighted by atomic mass is 16.7. The highest BCUT2D eigenvalue weighted by Gasteiger charge is 2.55. The van der Waals surface area contributed by atoms with Crippen LogP contribution in [0.25, 0.3) is 0 Å². The maximum Gasteiger partial charge on any atom is 0.185 e. The number of hydrogen-bond acceptors (Lipinski definition) is 17. The van der Waals surface area contributed by atoms with E-state index in [2.05, 4.69) is 16.0 Å². The van der Waals surface area contributed by atoms with E-state index in [4.69, 9.17) is 36.5 Å². The van der Waals surface area contributed by atoms with Gasteiger partial charge in [0.2, 0.25) is 0 Å². The van der Waals surface area contributed by atoms with Crippen LogP contribution in [-0.2, 0) is 14.2 Å². The Kier molecular flexibility index (Phi) is 13.3. The van der Waals surface area contributed by atoms with E-state index in [1.54, 1.807) is 7.05 Å². The third-order valence-electron chi connectivity index (χ3n) is 8.58. The van der Waals surface area contributed by atoms with Gasteiger partial charge in [0.1, 0.15) is 36.1 Å². The molecule has 3 unspecified atom stereocenters. The molecule has 0 radical (unpaired) electrons. The maximum atomic E-state index is 11.7. The number of aliphatic hydroxyl groups is 8. The minimum atomic E-state index is -1.63. The van der Waals surface area contributed by atoms with E-state index >= 15 is 0 Å². The second-order valence-electron chi connectivity index (χ2n) is 12.0. The summed E-state index contributed by atoms with van der Waals surface area (Å²) in [7, 11) is 1.57. The number of hydrogen-bond donors (Lipinski definition) is 14. The molecule has 16 atom stereocenters. The van der Waals surface area contributed by atoms with Crippen molar-refractivity contribution in [3.8, 4) is 0 Å². The predicted molar refractivity (Wildman–Crippen MR) is 148 cm³/mol. The molecule has 0 spiro atoms. The van der Waals surface area contributed by atoms with Gasteiger partial charge >= 0.3 is 0 Å². The Balaban J connectivity index is 1.84. The zero-order valence-corrected chi connectivity index (χ0v) is 24.1. The first-order chi connectivity index (χ1) is 19.8. The van der Waals surface area contributed by atoms with Gasteiger partial charge in [0, 0.05) is 50.2 Å². The molecule has 0 aromatic carbocycles. The third-order valence-corrected chi connectivity index (χ3v) is 8.58. The van der Waals surface area contributed by atoms with Gasteiger partial charge in [-0.1, -0.05) is 0 Å². The standard InChI is InChI=1S/C25H52N6O11/c1-25(39)9-40-24(20(38)23(25)29-2)42-21-13(31-6-11(33)4-26)3-12(28)15(17(21)35)22-19(37)18(36)16(34)14(41-22)7-30-5-10(27)8-32/h10-24,29-39H,3-9,26-28H2,1-2H3/t10?,11?,12-,13+,14+,15?,16+,17-,18-,19+,20+,21-,22+,23+,24+,25-/m0/s1. The lowest BCUT2D eigenvalue weighted by Gasteiger charge is -2.52. The molecule has 17 heteroatoms. The van der Waals surface area contributed by atoms with Crippen LogP contribution >= 0.6 is 0 Å². The van der Waals surface area contributed by atoms with Crippen molar-refractivity contribution in [2.45, 2.75) is 104 Å². The van der Waals surface area contributed by atoms with Gasteiger partial charge in [0.05, 0.1) is 43.7 Å². The SMILES string of the molecule is CN[C@@H]1[C@@H](O)[C@@H](O[C@H]2[C@H](NCC(O)CN)C[C@H](N)C([C@H]3O[C@H](CNCC(N)CO)[C@@H](O)[C@H](O)[C@H]3O)[C@@H]2O)OC[C@]1(C)O. The first kappa shape index (κ1) is 35.8. The second kappa shape index (κ2) is 15.5. The van der Waals surface area contributed by atoms with Crippen molar-refractivity contribution in [2.24, 2.45) is 23.1 Å². The molecule has 0 amide bonds. The van der Waals surface area contributed by atoms with Crippen LogP contribution < -0.4 is 33.2 Å². The van der Waals surface area contributed by atoms with Gasteiger partial charge in [-0.3, -0.25) is 0 Å². The van der Waals surface area contributed by atoms with E-state index in [-0.39, 0.29) is 45.8 Å². The Morgan fingerprint density at radius 2 is 1.74 bits per heavy atom. The Bertz CT molecular complexity index is 821. The lowest BCUT2D eigenvalue weighted by molar-refractivity contribution is -0.303. The lowest BCUT2D eigenvalue weighted by atomic mass is 9.72. The fourth-order valence-corrected chi connectivity index (χ4v) is 6.14. The summed E-state index contributed by atoms with van der Waals surface area (Å²) in [5.74, 6) is -1.02. The molecule has 0 aromatic heterocycles. The Morgan fingerprint density at radius 1 is 1.05 bits per heavy atom. The summed E-state index contributed by atoms with van der Waals surface area (Å²) in [4.78, 5) is 0. The first-order valence-electron chi connectivity index (χ1n) is 14.4. The van der Waals surface area contributed by atoms with Crippen molar-refractivity contribution in [1.29, 1.82) is 0 Å². The summed E-state index contributed by atoms with van der Waals surface area (Å²) in [6.07, 6.45) is -12.9. The van der Waals surface area contributed by atoms with Crippen molar-refractivity contribution >= 4 is 0 Å². The number of nitrogens with one attached hydrogen (secondary N) is 3. The van der Waals surface area contributed by atoms with Crippen molar-refractivity contribution in [1.82, 2.24) is 16.0 Å². The van der Waals surface area contributed by atoms with Crippen LogP contribution in [-0.4, -0.2) is 178 Å². The molecule has 248 valence electrons. The third kappa shape index (κ3) is 8.12. The van der Waals surface area contributed by atoms with E-state index in [0.29, 0.717) is 0 Å². The van der Waals surface area contributed by atoms with Crippen molar-refractivity contribution < 1.29 is 55.1 Å². The molecule has 1 aliphatic carbocycles. The zero-order chi connectivity index (χ0) is 31.4. The van der Waals surface area contributed by atoms with E-state index in [0.717, 1.165) is 0 Å². The highest BCUT2D eigenvalue weighted by Crippen LogP contribution is 2.37. The zero-order valence-electron chi connectivity index (χ0n) is 24.1. The van der Waals surface area contributed by atoms with Gasteiger partial charge in [0.25, 0.3) is 0 Å². The van der Waals surface area contributed by atoms with Gasteiger partial charge < -0.3 is 88.2 Å². The van der Waals surface area contributed by atoms with Gasteiger partial charge in [-0.2, -0.15) is 0 Å². The van der Waals surface area contributed by atoms with E-state index in [9.17, 15) is 35.7 Å². The van der Waals surface area contributed by atoms with Crippen LogP contribution in [0.1, 0.15) is 13.3 Å². The number of rotatable bonds is 13. The topological polar surface area (TPSA) is 304 Å². The van der Waals surface area contributed by atoms with Crippen LogP contribution in [0.15, 0.2) is 0 Å². The van der Waals surface area contributed by atoms with E-state index in [1.165, 1.54) is 6.92 Å². The molecule has 3 rings (SSSR count). The van der Waals surface area contributed by atoms with Gasteiger partial charge in [0.15, 0.2) is 6.29 Å². The van der Waals surface area contributed by atoms with E-state index in [1.807, 2.05) is 0 Å². The van der Waals surface area contributed by atoms with Crippen LogP contribution in [0.5, 0.6) is 0 Å². The predicted octanol–water partition coefficient (Wildman–Crippen LogP) is -7.83. The molecule has 17 nitrogen and oxygen atoms in total. The normalized spacial score (nSPS) is 46.4. The minimum Gasteiger partial charge on any atom is -0.395 e. The Labute approximate surface area is 245 Å². The van der Waals surface area contributed by atoms with E-state index < -0.39 is 96.9 Å². The number of likely N-dealkylation sites (N-methyl/N-ethyl adjacent to an activating group) is 1. The molecule has 17 N–H and O–H groups in total. The molecular weight excluding hydrogens is 560 g/mol. The highest BCUT2D eigenvalue weighted by molar-refractivity contribution is 5.07. The molecular formula is C25H52N6O11. The number of nitrogens with two attached hydrogens (primary N) is 3.